The second-order valence-electron chi connectivity index (χ2n) is 8.06. The molecule has 1 N–H and O–H groups in total. The molecule has 146 valence electrons. The van der Waals surface area contributed by atoms with E-state index in [1.54, 1.807) is 4.90 Å². The molecule has 2 fully saturated rings. The number of halogens is 1. The largest absolute Gasteiger partial charge is 0.444 e. The van der Waals surface area contributed by atoms with Gasteiger partial charge in [-0.25, -0.2) is 4.79 Å². The Morgan fingerprint density at radius 2 is 2.00 bits per heavy atom. The first-order chi connectivity index (χ1) is 11.3. The van der Waals surface area contributed by atoms with E-state index in [4.69, 9.17) is 4.74 Å². The third kappa shape index (κ3) is 6.18. The van der Waals surface area contributed by atoms with Crippen LogP contribution in [0.4, 0.5) is 4.79 Å². The fraction of sp³-hybridized carbons (Fsp3) is 0.889. The van der Waals surface area contributed by atoms with Gasteiger partial charge in [-0.2, -0.15) is 0 Å². The SMILES string of the molecule is CCN(CCNC(=NC)N1CCC2(CCC2)C1)C(=O)OC(C)(C)C.I. The van der Waals surface area contributed by atoms with Crippen LogP contribution in [0, 0.1) is 5.41 Å². The van der Waals surface area contributed by atoms with Crippen LogP contribution in [-0.4, -0.2) is 67.2 Å². The Bertz CT molecular complexity index is 472. The highest BCUT2D eigenvalue weighted by Gasteiger charge is 2.43. The van der Waals surface area contributed by atoms with Gasteiger partial charge in [0.15, 0.2) is 5.96 Å². The van der Waals surface area contributed by atoms with Crippen molar-refractivity contribution >= 4 is 36.0 Å². The summed E-state index contributed by atoms with van der Waals surface area (Å²) in [4.78, 5) is 20.7. The van der Waals surface area contributed by atoms with E-state index in [1.807, 2.05) is 34.7 Å². The average Bonchev–Trinajstić information content (AvgIpc) is 2.91. The maximum atomic E-state index is 12.2. The molecule has 0 atom stereocenters. The molecule has 0 bridgehead atoms. The summed E-state index contributed by atoms with van der Waals surface area (Å²) in [6.07, 6.45) is 5.13. The minimum atomic E-state index is -0.458. The molecule has 2 aliphatic rings. The summed E-state index contributed by atoms with van der Waals surface area (Å²) < 4.78 is 5.44. The van der Waals surface area contributed by atoms with E-state index in [0.717, 1.165) is 19.0 Å². The number of aliphatic imine (C=N–C) groups is 1. The Hall–Kier alpha value is -0.730. The first kappa shape index (κ1) is 22.3. The number of nitrogens with zero attached hydrogens (tertiary/aromatic N) is 3. The minimum absolute atomic E-state index is 0. The lowest BCUT2D eigenvalue weighted by atomic mass is 9.68. The van der Waals surface area contributed by atoms with E-state index in [1.165, 1.54) is 25.7 Å². The smallest absolute Gasteiger partial charge is 0.410 e. The van der Waals surface area contributed by atoms with Gasteiger partial charge in [-0.1, -0.05) is 6.42 Å². The molecule has 0 radical (unpaired) electrons. The lowest BCUT2D eigenvalue weighted by molar-refractivity contribution is 0.0263. The molecule has 1 heterocycles. The Kier molecular flexibility index (Phi) is 8.28. The van der Waals surface area contributed by atoms with Gasteiger partial charge in [0.25, 0.3) is 0 Å². The molecule has 0 aromatic carbocycles. The molecule has 0 aromatic rings. The lowest BCUT2D eigenvalue weighted by Crippen LogP contribution is -2.46. The van der Waals surface area contributed by atoms with Gasteiger partial charge >= 0.3 is 6.09 Å². The molecule has 1 aliphatic carbocycles. The van der Waals surface area contributed by atoms with Crippen LogP contribution in [0.1, 0.15) is 53.4 Å². The van der Waals surface area contributed by atoms with Crippen molar-refractivity contribution < 1.29 is 9.53 Å². The van der Waals surface area contributed by atoms with Gasteiger partial charge in [0.1, 0.15) is 5.60 Å². The van der Waals surface area contributed by atoms with Gasteiger partial charge < -0.3 is 19.9 Å². The number of carbonyl (C=O) groups excluding carboxylic acids is 1. The van der Waals surface area contributed by atoms with Gasteiger partial charge in [-0.3, -0.25) is 4.99 Å². The summed E-state index contributed by atoms with van der Waals surface area (Å²) in [5.74, 6) is 0.957. The van der Waals surface area contributed by atoms with Crippen molar-refractivity contribution in [2.75, 3.05) is 39.8 Å². The molecule has 1 spiro atoms. The van der Waals surface area contributed by atoms with E-state index < -0.39 is 5.60 Å². The molecular weight excluding hydrogens is 431 g/mol. The van der Waals surface area contributed by atoms with Crippen LogP contribution >= 0.6 is 24.0 Å². The molecule has 7 heteroatoms. The van der Waals surface area contributed by atoms with Crippen LogP contribution in [-0.2, 0) is 4.74 Å². The summed E-state index contributed by atoms with van der Waals surface area (Å²) in [6, 6.07) is 0. The molecule has 0 unspecified atom stereocenters. The van der Waals surface area contributed by atoms with Crippen molar-refractivity contribution in [2.24, 2.45) is 10.4 Å². The molecule has 0 aromatic heterocycles. The predicted octanol–water partition coefficient (Wildman–Crippen LogP) is 3.31. The molecular formula is C18H35IN4O2. The van der Waals surface area contributed by atoms with Crippen LogP contribution in [0.2, 0.25) is 0 Å². The van der Waals surface area contributed by atoms with Crippen LogP contribution in [0.15, 0.2) is 4.99 Å². The Morgan fingerprint density at radius 1 is 1.32 bits per heavy atom. The van der Waals surface area contributed by atoms with Crippen molar-refractivity contribution in [3.8, 4) is 0 Å². The summed E-state index contributed by atoms with van der Waals surface area (Å²) in [6.45, 7) is 11.8. The van der Waals surface area contributed by atoms with Crippen molar-refractivity contribution in [1.82, 2.24) is 15.1 Å². The normalized spacial score (nSPS) is 19.2. The van der Waals surface area contributed by atoms with E-state index in [-0.39, 0.29) is 30.1 Å². The van der Waals surface area contributed by atoms with E-state index in [2.05, 4.69) is 15.2 Å². The number of amides is 1. The molecule has 1 saturated carbocycles. The van der Waals surface area contributed by atoms with Crippen molar-refractivity contribution in [1.29, 1.82) is 0 Å². The summed E-state index contributed by atoms with van der Waals surface area (Å²) in [5.41, 5.74) is 0.101. The fourth-order valence-corrected chi connectivity index (χ4v) is 3.54. The van der Waals surface area contributed by atoms with Crippen LogP contribution in [0.3, 0.4) is 0 Å². The zero-order valence-corrected chi connectivity index (χ0v) is 18.8. The van der Waals surface area contributed by atoms with E-state index >= 15 is 0 Å². The first-order valence-corrected chi connectivity index (χ1v) is 9.22. The first-order valence-electron chi connectivity index (χ1n) is 9.22. The van der Waals surface area contributed by atoms with Gasteiger partial charge in [0.2, 0.25) is 0 Å². The summed E-state index contributed by atoms with van der Waals surface area (Å²) >= 11 is 0. The minimum Gasteiger partial charge on any atom is -0.444 e. The Labute approximate surface area is 169 Å². The lowest BCUT2D eigenvalue weighted by Gasteiger charge is -2.38. The van der Waals surface area contributed by atoms with Crippen molar-refractivity contribution in [2.45, 2.75) is 59.0 Å². The zero-order valence-electron chi connectivity index (χ0n) is 16.4. The Morgan fingerprint density at radius 3 is 2.44 bits per heavy atom. The predicted molar refractivity (Wildman–Crippen MR) is 113 cm³/mol. The standard InChI is InChI=1S/C18H34N4O2.HI/c1-6-21(16(23)24-17(2,3)4)13-11-20-15(19-5)22-12-10-18(14-22)8-7-9-18;/h6-14H2,1-5H3,(H,19,20);1H. The van der Waals surface area contributed by atoms with Gasteiger partial charge in [0, 0.05) is 39.8 Å². The molecule has 1 saturated heterocycles. The number of ether oxygens (including phenoxy) is 1. The number of likely N-dealkylation sites (N-methyl/N-ethyl adjacent to an activating group) is 1. The third-order valence-corrected chi connectivity index (χ3v) is 5.06. The number of guanidine groups is 1. The van der Waals surface area contributed by atoms with E-state index in [0.29, 0.717) is 25.0 Å². The van der Waals surface area contributed by atoms with Crippen molar-refractivity contribution in [3.63, 3.8) is 0 Å². The molecule has 1 aliphatic heterocycles. The zero-order chi connectivity index (χ0) is 17.8. The molecule has 25 heavy (non-hydrogen) atoms. The fourth-order valence-electron chi connectivity index (χ4n) is 3.54. The topological polar surface area (TPSA) is 57.2 Å². The number of hydrogen-bond acceptors (Lipinski definition) is 3. The van der Waals surface area contributed by atoms with E-state index in [9.17, 15) is 4.79 Å². The van der Waals surface area contributed by atoms with Crippen LogP contribution < -0.4 is 5.32 Å². The number of nitrogens with one attached hydrogen (secondary N) is 1. The highest BCUT2D eigenvalue weighted by molar-refractivity contribution is 14.0. The second kappa shape index (κ2) is 9.28. The molecule has 1 amide bonds. The highest BCUT2D eigenvalue weighted by atomic mass is 127. The summed E-state index contributed by atoms with van der Waals surface area (Å²) in [5, 5.41) is 3.41. The Balaban J connectivity index is 0.00000312. The number of rotatable bonds is 4. The number of likely N-dealkylation sites (tertiary alicyclic amines) is 1. The maximum Gasteiger partial charge on any atom is 0.410 e. The maximum absolute atomic E-state index is 12.2. The van der Waals surface area contributed by atoms with Gasteiger partial charge in [0.05, 0.1) is 0 Å². The number of hydrogen-bond donors (Lipinski definition) is 1. The third-order valence-electron chi connectivity index (χ3n) is 5.06. The van der Waals surface area contributed by atoms with Gasteiger partial charge in [-0.15, -0.1) is 24.0 Å². The van der Waals surface area contributed by atoms with Gasteiger partial charge in [-0.05, 0) is 52.4 Å². The monoisotopic (exact) mass is 466 g/mol. The van der Waals surface area contributed by atoms with Crippen LogP contribution in [0.5, 0.6) is 0 Å². The van der Waals surface area contributed by atoms with Crippen LogP contribution in [0.25, 0.3) is 0 Å². The average molecular weight is 466 g/mol. The molecule has 2 rings (SSSR count). The number of carbonyl (C=O) groups is 1. The quantitative estimate of drug-likeness (QED) is 0.393. The second-order valence-corrected chi connectivity index (χ2v) is 8.06. The molecule has 6 nitrogen and oxygen atoms in total. The highest BCUT2D eigenvalue weighted by Crippen LogP contribution is 2.47. The van der Waals surface area contributed by atoms with Crippen molar-refractivity contribution in [3.05, 3.63) is 0 Å². The summed E-state index contributed by atoms with van der Waals surface area (Å²) in [7, 11) is 1.83.